The topological polar surface area (TPSA) is 79.4 Å². The monoisotopic (exact) mass is 431 g/mol. The van der Waals surface area contributed by atoms with Crippen LogP contribution in [0, 0.1) is 0 Å². The summed E-state index contributed by atoms with van der Waals surface area (Å²) in [4.78, 5) is 16.3. The first-order valence-electron chi connectivity index (χ1n) is 8.43. The minimum absolute atomic E-state index is 0.101. The predicted octanol–water partition coefficient (Wildman–Crippen LogP) is 5.17. The Morgan fingerprint density at radius 2 is 1.85 bits per heavy atom. The van der Waals surface area contributed by atoms with Gasteiger partial charge >= 0.3 is 6.09 Å². The van der Waals surface area contributed by atoms with Crippen molar-refractivity contribution in [1.82, 2.24) is 9.55 Å². The highest BCUT2D eigenvalue weighted by Gasteiger charge is 2.22. The molecule has 0 aliphatic carbocycles. The summed E-state index contributed by atoms with van der Waals surface area (Å²) in [7, 11) is 1.96. The Kier molecular flexibility index (Phi) is 7.85. The van der Waals surface area contributed by atoms with E-state index in [1.54, 1.807) is 6.07 Å². The Morgan fingerprint density at radius 1 is 1.22 bits per heavy atom. The largest absolute Gasteiger partial charge is 0.447 e. The number of nitrogens with zero attached hydrogens (tertiary/aromatic N) is 2. The second kappa shape index (κ2) is 9.68. The van der Waals surface area contributed by atoms with Gasteiger partial charge in [0.1, 0.15) is 23.6 Å². The van der Waals surface area contributed by atoms with Gasteiger partial charge in [0, 0.05) is 22.0 Å². The lowest BCUT2D eigenvalue weighted by atomic mass is 10.1. The molecule has 1 heterocycles. The van der Waals surface area contributed by atoms with Crippen molar-refractivity contribution in [2.45, 2.75) is 42.7 Å². The lowest BCUT2D eigenvalue weighted by Gasteiger charge is -2.15. The van der Waals surface area contributed by atoms with Gasteiger partial charge in [-0.2, -0.15) is 0 Å². The number of nitrogens with two attached hydrogens (primary N) is 1. The van der Waals surface area contributed by atoms with E-state index in [1.165, 1.54) is 11.8 Å². The van der Waals surface area contributed by atoms with E-state index in [-0.39, 0.29) is 25.2 Å². The third-order valence-corrected chi connectivity index (χ3v) is 5.20. The van der Waals surface area contributed by atoms with E-state index in [4.69, 9.17) is 38.7 Å². The number of hydrogen-bond donors (Lipinski definition) is 1. The van der Waals surface area contributed by atoms with Crippen LogP contribution in [0.1, 0.15) is 44.3 Å². The highest BCUT2D eigenvalue weighted by Crippen LogP contribution is 2.37. The molecule has 27 heavy (non-hydrogen) atoms. The summed E-state index contributed by atoms with van der Waals surface area (Å²) >= 11 is 13.7. The molecule has 6 nitrogen and oxygen atoms in total. The first-order valence-corrected chi connectivity index (χ1v) is 10.0. The average molecular weight is 432 g/mol. The smallest absolute Gasteiger partial charge is 0.404 e. The van der Waals surface area contributed by atoms with Crippen LogP contribution in [0.15, 0.2) is 28.1 Å². The normalized spacial score (nSPS) is 12.4. The number of ether oxygens (including phenoxy) is 2. The number of halogens is 2. The minimum Gasteiger partial charge on any atom is -0.447 e. The summed E-state index contributed by atoms with van der Waals surface area (Å²) in [6.07, 6.45) is -1.09. The molecule has 0 aliphatic heterocycles. The molecule has 0 spiro atoms. The molecular formula is C18H23Cl2N3O3S. The Bertz CT molecular complexity index is 791. The van der Waals surface area contributed by atoms with Gasteiger partial charge in [0.2, 0.25) is 0 Å². The van der Waals surface area contributed by atoms with Crippen molar-refractivity contribution in [3.8, 4) is 0 Å². The van der Waals surface area contributed by atoms with Gasteiger partial charge in [0.15, 0.2) is 0 Å². The lowest BCUT2D eigenvalue weighted by Crippen LogP contribution is -2.18. The molecule has 1 amide bonds. The average Bonchev–Trinajstić information content (AvgIpc) is 2.86. The Hall–Kier alpha value is -1.41. The maximum atomic E-state index is 10.6. The summed E-state index contributed by atoms with van der Waals surface area (Å²) in [6, 6.07) is 5.42. The van der Waals surface area contributed by atoms with Crippen LogP contribution in [0.3, 0.4) is 0 Å². The molecule has 0 saturated carbocycles. The zero-order valence-corrected chi connectivity index (χ0v) is 18.0. The molecule has 9 heteroatoms. The summed E-state index contributed by atoms with van der Waals surface area (Å²) < 4.78 is 12.5. The number of primary amides is 1. The maximum Gasteiger partial charge on any atom is 0.404 e. The molecule has 1 aromatic heterocycles. The van der Waals surface area contributed by atoms with Crippen molar-refractivity contribution < 1.29 is 14.3 Å². The van der Waals surface area contributed by atoms with Crippen molar-refractivity contribution in [3.05, 3.63) is 39.8 Å². The summed E-state index contributed by atoms with van der Waals surface area (Å²) in [5.41, 5.74) is 6.03. The van der Waals surface area contributed by atoms with E-state index in [2.05, 4.69) is 18.6 Å². The van der Waals surface area contributed by atoms with Crippen molar-refractivity contribution >= 4 is 41.1 Å². The van der Waals surface area contributed by atoms with Gasteiger partial charge < -0.3 is 19.8 Å². The van der Waals surface area contributed by atoms with Crippen LogP contribution in [0.4, 0.5) is 4.79 Å². The second-order valence-corrected chi connectivity index (χ2v) is 8.20. The Morgan fingerprint density at radius 3 is 2.41 bits per heavy atom. The summed E-state index contributed by atoms with van der Waals surface area (Å²) in [5.74, 6) is 1.05. The standard InChI is InChI=1S/C18H23Cl2N3O3S/c1-10(2)15-17(27-14-8-12(19)7-13(20)9-14)22-16(23(15)4)11(3)25-5-6-26-18(21)24/h7-11H,5-6H2,1-4H3,(H2,21,24). The third kappa shape index (κ3) is 6.04. The fraction of sp³-hybridized carbons (Fsp3) is 0.444. The van der Waals surface area contributed by atoms with Gasteiger partial charge in [0.05, 0.1) is 12.3 Å². The van der Waals surface area contributed by atoms with Crippen LogP contribution in [0.5, 0.6) is 0 Å². The molecule has 148 valence electrons. The van der Waals surface area contributed by atoms with Crippen LogP contribution < -0.4 is 5.73 Å². The number of carbonyl (C=O) groups is 1. The zero-order chi connectivity index (χ0) is 20.1. The fourth-order valence-corrected chi connectivity index (χ4v) is 4.58. The zero-order valence-electron chi connectivity index (χ0n) is 15.7. The second-order valence-electron chi connectivity index (χ2n) is 6.26. The number of aromatic nitrogens is 2. The number of benzene rings is 1. The van der Waals surface area contributed by atoms with E-state index in [9.17, 15) is 4.79 Å². The molecule has 1 atom stereocenters. The highest BCUT2D eigenvalue weighted by molar-refractivity contribution is 7.99. The molecule has 0 saturated heterocycles. The molecule has 2 rings (SSSR count). The SMILES string of the molecule is CC(C)c1c(Sc2cc(Cl)cc(Cl)c2)nc(C(C)OCCOC(N)=O)n1C. The number of amides is 1. The van der Waals surface area contributed by atoms with Crippen LogP contribution in [-0.4, -0.2) is 28.9 Å². The predicted molar refractivity (Wildman–Crippen MR) is 108 cm³/mol. The van der Waals surface area contributed by atoms with E-state index in [0.717, 1.165) is 21.4 Å². The molecule has 1 unspecified atom stereocenters. The molecule has 2 aromatic rings. The number of imidazole rings is 1. The van der Waals surface area contributed by atoms with Gasteiger partial charge in [0.25, 0.3) is 0 Å². The number of hydrogen-bond acceptors (Lipinski definition) is 5. The van der Waals surface area contributed by atoms with Gasteiger partial charge in [-0.05, 0) is 31.0 Å². The van der Waals surface area contributed by atoms with Gasteiger partial charge in [-0.25, -0.2) is 9.78 Å². The molecular weight excluding hydrogens is 409 g/mol. The van der Waals surface area contributed by atoms with Crippen LogP contribution >= 0.6 is 35.0 Å². The highest BCUT2D eigenvalue weighted by atomic mass is 35.5. The van der Waals surface area contributed by atoms with Gasteiger partial charge in [-0.15, -0.1) is 0 Å². The molecule has 2 N–H and O–H groups in total. The van der Waals surface area contributed by atoms with Crippen LogP contribution in [0.25, 0.3) is 0 Å². The third-order valence-electron chi connectivity index (χ3n) is 3.80. The van der Waals surface area contributed by atoms with E-state index >= 15 is 0 Å². The van der Waals surface area contributed by atoms with E-state index in [1.807, 2.05) is 30.7 Å². The molecule has 1 aromatic carbocycles. The summed E-state index contributed by atoms with van der Waals surface area (Å²) in [5, 5.41) is 2.04. The van der Waals surface area contributed by atoms with Crippen molar-refractivity contribution in [2.75, 3.05) is 13.2 Å². The quantitative estimate of drug-likeness (QED) is 0.582. The van der Waals surface area contributed by atoms with Crippen molar-refractivity contribution in [1.29, 1.82) is 0 Å². The molecule has 0 fully saturated rings. The van der Waals surface area contributed by atoms with Crippen LogP contribution in [-0.2, 0) is 16.5 Å². The summed E-state index contributed by atoms with van der Waals surface area (Å²) in [6.45, 7) is 6.47. The van der Waals surface area contributed by atoms with Crippen molar-refractivity contribution in [3.63, 3.8) is 0 Å². The van der Waals surface area contributed by atoms with Gasteiger partial charge in [-0.1, -0.05) is 48.8 Å². The van der Waals surface area contributed by atoms with E-state index in [0.29, 0.717) is 10.0 Å². The Balaban J connectivity index is 2.22. The first-order chi connectivity index (χ1) is 12.7. The Labute approximate surface area is 173 Å². The number of carbonyl (C=O) groups excluding carboxylic acids is 1. The van der Waals surface area contributed by atoms with E-state index < -0.39 is 6.09 Å². The lowest BCUT2D eigenvalue weighted by molar-refractivity contribution is 0.0264. The first kappa shape index (κ1) is 21.9. The molecule has 0 radical (unpaired) electrons. The maximum absolute atomic E-state index is 10.6. The van der Waals surface area contributed by atoms with Crippen molar-refractivity contribution in [2.24, 2.45) is 12.8 Å². The fourth-order valence-electron chi connectivity index (χ4n) is 2.72. The van der Waals surface area contributed by atoms with Gasteiger partial charge in [-0.3, -0.25) is 0 Å². The minimum atomic E-state index is -0.816. The molecule has 0 aliphatic rings. The molecule has 0 bridgehead atoms. The number of rotatable bonds is 8. The van der Waals surface area contributed by atoms with Crippen LogP contribution in [0.2, 0.25) is 10.0 Å².